The summed E-state index contributed by atoms with van der Waals surface area (Å²) in [7, 11) is 0. The number of H-pyrrole nitrogens is 1. The standard InChI is InChI=1S/C23H23F3N4O2/c1-15-6-2-5-9-19(15)30-20(27-28-22(30)32)14-16-10-12-29(13-11-16)21(31)17-7-3-4-8-18(17)23(24,25)26/h2-9,16H,10-14H2,1H3,(H,28,32). The monoisotopic (exact) mass is 444 g/mol. The van der Waals surface area contributed by atoms with Crippen molar-refractivity contribution in [2.75, 3.05) is 13.1 Å². The summed E-state index contributed by atoms with van der Waals surface area (Å²) in [6.45, 7) is 2.63. The van der Waals surface area contributed by atoms with Crippen LogP contribution in [0.4, 0.5) is 13.2 Å². The number of alkyl halides is 3. The summed E-state index contributed by atoms with van der Waals surface area (Å²) in [5.74, 6) is 0.166. The minimum absolute atomic E-state index is 0.162. The second kappa shape index (κ2) is 8.64. The summed E-state index contributed by atoms with van der Waals surface area (Å²) < 4.78 is 41.4. The second-order valence-corrected chi connectivity index (χ2v) is 8.05. The van der Waals surface area contributed by atoms with Crippen LogP contribution >= 0.6 is 0 Å². The molecule has 4 rings (SSSR count). The number of halogens is 3. The van der Waals surface area contributed by atoms with Crippen LogP contribution in [-0.4, -0.2) is 38.7 Å². The summed E-state index contributed by atoms with van der Waals surface area (Å²) in [6.07, 6.45) is -2.80. The number of likely N-dealkylation sites (tertiary alicyclic amines) is 1. The van der Waals surface area contributed by atoms with Crippen molar-refractivity contribution in [2.45, 2.75) is 32.4 Å². The van der Waals surface area contributed by atoms with Crippen LogP contribution < -0.4 is 5.69 Å². The van der Waals surface area contributed by atoms with E-state index in [1.54, 1.807) is 4.57 Å². The van der Waals surface area contributed by atoms with E-state index in [0.717, 1.165) is 17.3 Å². The molecule has 6 nitrogen and oxygen atoms in total. The fourth-order valence-electron chi connectivity index (χ4n) is 4.21. The third-order valence-corrected chi connectivity index (χ3v) is 5.93. The highest BCUT2D eigenvalue weighted by Crippen LogP contribution is 2.33. The van der Waals surface area contributed by atoms with Crippen LogP contribution in [0.5, 0.6) is 0 Å². The van der Waals surface area contributed by atoms with Gasteiger partial charge in [-0.3, -0.25) is 4.79 Å². The van der Waals surface area contributed by atoms with E-state index in [-0.39, 0.29) is 17.2 Å². The molecule has 1 aromatic heterocycles. The molecule has 0 aliphatic carbocycles. The number of nitrogens with one attached hydrogen (secondary N) is 1. The van der Waals surface area contributed by atoms with Gasteiger partial charge in [-0.1, -0.05) is 30.3 Å². The number of carbonyl (C=O) groups is 1. The lowest BCUT2D eigenvalue weighted by atomic mass is 9.92. The Kier molecular flexibility index (Phi) is 5.90. The van der Waals surface area contributed by atoms with Gasteiger partial charge in [-0.15, -0.1) is 0 Å². The largest absolute Gasteiger partial charge is 0.417 e. The highest BCUT2D eigenvalue weighted by atomic mass is 19.4. The topological polar surface area (TPSA) is 71.0 Å². The van der Waals surface area contributed by atoms with Gasteiger partial charge < -0.3 is 4.90 Å². The third kappa shape index (κ3) is 4.32. The van der Waals surface area contributed by atoms with Crippen LogP contribution in [0.2, 0.25) is 0 Å². The minimum Gasteiger partial charge on any atom is -0.339 e. The zero-order chi connectivity index (χ0) is 22.9. The zero-order valence-electron chi connectivity index (χ0n) is 17.5. The second-order valence-electron chi connectivity index (χ2n) is 8.05. The Hall–Kier alpha value is -3.36. The van der Waals surface area contributed by atoms with Crippen molar-refractivity contribution in [2.24, 2.45) is 5.92 Å². The van der Waals surface area contributed by atoms with E-state index < -0.39 is 17.6 Å². The maximum atomic E-state index is 13.3. The summed E-state index contributed by atoms with van der Waals surface area (Å²) in [4.78, 5) is 26.6. The first-order valence-corrected chi connectivity index (χ1v) is 10.4. The van der Waals surface area contributed by atoms with E-state index in [1.807, 2.05) is 31.2 Å². The molecule has 9 heteroatoms. The fraction of sp³-hybridized carbons (Fsp3) is 0.348. The average molecular weight is 444 g/mol. The van der Waals surface area contributed by atoms with Gasteiger partial charge in [0.25, 0.3) is 5.91 Å². The van der Waals surface area contributed by atoms with Crippen LogP contribution in [-0.2, 0) is 12.6 Å². The third-order valence-electron chi connectivity index (χ3n) is 5.93. The number of carbonyl (C=O) groups excluding carboxylic acids is 1. The van der Waals surface area contributed by atoms with Gasteiger partial charge in [0.1, 0.15) is 5.82 Å². The molecule has 0 radical (unpaired) electrons. The van der Waals surface area contributed by atoms with Gasteiger partial charge in [-0.2, -0.15) is 18.3 Å². The van der Waals surface area contributed by atoms with Crippen LogP contribution in [0.1, 0.15) is 40.2 Å². The highest BCUT2D eigenvalue weighted by molar-refractivity contribution is 5.96. The van der Waals surface area contributed by atoms with E-state index in [2.05, 4.69) is 10.2 Å². The maximum absolute atomic E-state index is 13.3. The molecule has 0 bridgehead atoms. The molecule has 0 spiro atoms. The molecule has 3 aromatic rings. The first-order valence-electron chi connectivity index (χ1n) is 10.4. The number of amides is 1. The van der Waals surface area contributed by atoms with E-state index in [4.69, 9.17) is 0 Å². The Morgan fingerprint density at radius 2 is 1.75 bits per heavy atom. The average Bonchev–Trinajstić information content (AvgIpc) is 3.13. The Morgan fingerprint density at radius 1 is 1.09 bits per heavy atom. The van der Waals surface area contributed by atoms with Crippen LogP contribution in [0, 0.1) is 12.8 Å². The number of nitrogens with zero attached hydrogens (tertiary/aromatic N) is 3. The molecule has 1 amide bonds. The lowest BCUT2D eigenvalue weighted by Gasteiger charge is -2.32. The molecule has 1 aliphatic heterocycles. The Balaban J connectivity index is 1.46. The van der Waals surface area contributed by atoms with Crippen LogP contribution in [0.3, 0.4) is 0 Å². The molecule has 2 aromatic carbocycles. The highest BCUT2D eigenvalue weighted by Gasteiger charge is 2.36. The van der Waals surface area contributed by atoms with Crippen molar-refractivity contribution in [1.82, 2.24) is 19.7 Å². The predicted octanol–water partition coefficient (Wildman–Crippen LogP) is 3.98. The van der Waals surface area contributed by atoms with E-state index in [0.29, 0.717) is 38.2 Å². The summed E-state index contributed by atoms with van der Waals surface area (Å²) in [6, 6.07) is 12.4. The molecule has 0 saturated carbocycles. The SMILES string of the molecule is Cc1ccccc1-n1c(CC2CCN(C(=O)c3ccccc3C(F)(F)F)CC2)n[nH]c1=O. The number of benzene rings is 2. The quantitative estimate of drug-likeness (QED) is 0.662. The Labute approximate surface area is 182 Å². The summed E-state index contributed by atoms with van der Waals surface area (Å²) >= 11 is 0. The molecule has 0 unspecified atom stereocenters. The van der Waals surface area contributed by atoms with Gasteiger partial charge >= 0.3 is 11.9 Å². The Bertz CT molecular complexity index is 1170. The first kappa shape index (κ1) is 21.9. The van der Waals surface area contributed by atoms with Gasteiger partial charge in [0.05, 0.1) is 16.8 Å². The van der Waals surface area contributed by atoms with Gasteiger partial charge in [0, 0.05) is 19.5 Å². The van der Waals surface area contributed by atoms with Crippen molar-refractivity contribution in [3.8, 4) is 5.69 Å². The molecular formula is C23H23F3N4O2. The summed E-state index contributed by atoms with van der Waals surface area (Å²) in [5.41, 5.74) is 0.161. The molecule has 1 aliphatic rings. The van der Waals surface area contributed by atoms with Crippen LogP contribution in [0.15, 0.2) is 53.3 Å². The van der Waals surface area contributed by atoms with Gasteiger partial charge in [-0.25, -0.2) is 14.5 Å². The lowest BCUT2D eigenvalue weighted by Crippen LogP contribution is -2.39. The molecule has 1 fully saturated rings. The molecule has 1 saturated heterocycles. The smallest absolute Gasteiger partial charge is 0.339 e. The van der Waals surface area contributed by atoms with E-state index in [1.165, 1.54) is 23.1 Å². The van der Waals surface area contributed by atoms with Crippen molar-refractivity contribution in [3.63, 3.8) is 0 Å². The molecule has 32 heavy (non-hydrogen) atoms. The number of rotatable bonds is 4. The van der Waals surface area contributed by atoms with Gasteiger partial charge in [0.2, 0.25) is 0 Å². The molecule has 2 heterocycles. The first-order chi connectivity index (χ1) is 15.3. The molecule has 1 N–H and O–H groups in total. The van der Waals surface area contributed by atoms with Crippen molar-refractivity contribution in [1.29, 1.82) is 0 Å². The van der Waals surface area contributed by atoms with Crippen molar-refractivity contribution < 1.29 is 18.0 Å². The Morgan fingerprint density at radius 3 is 2.44 bits per heavy atom. The number of aromatic amines is 1. The zero-order valence-corrected chi connectivity index (χ0v) is 17.5. The number of hydrogen-bond donors (Lipinski definition) is 1. The minimum atomic E-state index is -4.58. The summed E-state index contributed by atoms with van der Waals surface area (Å²) in [5, 5.41) is 6.70. The lowest BCUT2D eigenvalue weighted by molar-refractivity contribution is -0.138. The van der Waals surface area contributed by atoms with Gasteiger partial charge in [0.15, 0.2) is 0 Å². The number of para-hydroxylation sites is 1. The number of aryl methyl sites for hydroxylation is 1. The predicted molar refractivity (Wildman–Crippen MR) is 113 cm³/mol. The van der Waals surface area contributed by atoms with E-state index >= 15 is 0 Å². The molecular weight excluding hydrogens is 421 g/mol. The molecule has 168 valence electrons. The van der Waals surface area contributed by atoms with E-state index in [9.17, 15) is 22.8 Å². The number of aromatic nitrogens is 3. The fourth-order valence-corrected chi connectivity index (χ4v) is 4.21. The number of piperidine rings is 1. The van der Waals surface area contributed by atoms with Crippen LogP contribution in [0.25, 0.3) is 5.69 Å². The van der Waals surface area contributed by atoms with Crippen molar-refractivity contribution >= 4 is 5.91 Å². The van der Waals surface area contributed by atoms with Crippen molar-refractivity contribution in [3.05, 3.63) is 81.5 Å². The molecule has 0 atom stereocenters. The normalized spacial score (nSPS) is 15.2. The number of hydrogen-bond acceptors (Lipinski definition) is 3. The van der Waals surface area contributed by atoms with Gasteiger partial charge in [-0.05, 0) is 49.4 Å². The maximum Gasteiger partial charge on any atom is 0.417 e.